The van der Waals surface area contributed by atoms with Crippen molar-refractivity contribution in [2.75, 3.05) is 0 Å². The predicted octanol–water partition coefficient (Wildman–Crippen LogP) is 3.49. The van der Waals surface area contributed by atoms with Gasteiger partial charge in [-0.3, -0.25) is 20.4 Å². The average Bonchev–Trinajstić information content (AvgIpc) is 2.59. The molecule has 2 aromatic rings. The Balaban J connectivity index is 2.08. The normalized spacial score (nSPS) is 10.2. The summed E-state index contributed by atoms with van der Waals surface area (Å²) in [6.07, 6.45) is -0.0878. The molecule has 0 aromatic heterocycles. The summed E-state index contributed by atoms with van der Waals surface area (Å²) in [5.74, 6) is -0.544. The van der Waals surface area contributed by atoms with Crippen LogP contribution in [0.1, 0.15) is 45.7 Å². The zero-order valence-corrected chi connectivity index (χ0v) is 16.2. The lowest BCUT2D eigenvalue weighted by atomic mass is 10.1. The highest BCUT2D eigenvalue weighted by atomic mass is 79.9. The van der Waals surface area contributed by atoms with E-state index in [1.807, 2.05) is 26.0 Å². The van der Waals surface area contributed by atoms with Gasteiger partial charge in [0.05, 0.1) is 11.7 Å². The van der Waals surface area contributed by atoms with Gasteiger partial charge in [0.1, 0.15) is 11.8 Å². The number of hydrogen-bond acceptors (Lipinski definition) is 4. The molecule has 2 rings (SSSR count). The summed E-state index contributed by atoms with van der Waals surface area (Å²) in [5.41, 5.74) is 6.44. The SMILES string of the molecule is Cc1cc(Br)ccc1C(=O)NNC(=O)c1ccc(OC(C)C)c(C#N)c1. The van der Waals surface area contributed by atoms with E-state index in [-0.39, 0.29) is 17.2 Å². The molecule has 7 heteroatoms. The summed E-state index contributed by atoms with van der Waals surface area (Å²) in [7, 11) is 0. The Morgan fingerprint density at radius 3 is 2.42 bits per heavy atom. The fourth-order valence-electron chi connectivity index (χ4n) is 2.25. The van der Waals surface area contributed by atoms with Gasteiger partial charge in [0, 0.05) is 15.6 Å². The van der Waals surface area contributed by atoms with Gasteiger partial charge in [0.15, 0.2) is 0 Å². The number of benzene rings is 2. The lowest BCUT2D eigenvalue weighted by Gasteiger charge is -2.13. The van der Waals surface area contributed by atoms with Crippen LogP contribution in [0.4, 0.5) is 0 Å². The van der Waals surface area contributed by atoms with Crippen molar-refractivity contribution in [3.8, 4) is 11.8 Å². The highest BCUT2D eigenvalue weighted by molar-refractivity contribution is 9.10. The Hall–Kier alpha value is -2.85. The minimum Gasteiger partial charge on any atom is -0.490 e. The molecule has 2 amide bonds. The summed E-state index contributed by atoms with van der Waals surface area (Å²) in [5, 5.41) is 9.22. The zero-order valence-electron chi connectivity index (χ0n) is 14.6. The minimum atomic E-state index is -0.527. The Labute approximate surface area is 160 Å². The molecule has 0 heterocycles. The van der Waals surface area contributed by atoms with Gasteiger partial charge in [-0.05, 0) is 62.7 Å². The van der Waals surface area contributed by atoms with Crippen LogP contribution >= 0.6 is 15.9 Å². The number of hydrogen-bond donors (Lipinski definition) is 2. The van der Waals surface area contributed by atoms with Gasteiger partial charge in [-0.15, -0.1) is 0 Å². The standard InChI is InChI=1S/C19H18BrN3O3/c1-11(2)26-17-7-4-13(9-14(17)10-21)18(24)22-23-19(25)16-6-5-15(20)8-12(16)3/h4-9,11H,1-3H3,(H,22,24)(H,23,25). The summed E-state index contributed by atoms with van der Waals surface area (Å²) in [6.45, 7) is 5.50. The van der Waals surface area contributed by atoms with Gasteiger partial charge < -0.3 is 4.74 Å². The molecule has 6 nitrogen and oxygen atoms in total. The Bertz CT molecular complexity index is 888. The van der Waals surface area contributed by atoms with Crippen molar-refractivity contribution in [3.63, 3.8) is 0 Å². The summed E-state index contributed by atoms with van der Waals surface area (Å²) in [4.78, 5) is 24.4. The van der Waals surface area contributed by atoms with Crippen molar-refractivity contribution < 1.29 is 14.3 Å². The number of hydrazine groups is 1. The average molecular weight is 416 g/mol. The van der Waals surface area contributed by atoms with Crippen LogP contribution in [0.2, 0.25) is 0 Å². The largest absolute Gasteiger partial charge is 0.490 e. The quantitative estimate of drug-likeness (QED) is 0.747. The second kappa shape index (κ2) is 8.50. The first kappa shape index (κ1) is 19.5. The Kier molecular flexibility index (Phi) is 6.36. The Morgan fingerprint density at radius 2 is 1.81 bits per heavy atom. The smallest absolute Gasteiger partial charge is 0.269 e. The van der Waals surface area contributed by atoms with Gasteiger partial charge in [0.25, 0.3) is 11.8 Å². The monoisotopic (exact) mass is 415 g/mol. The number of carbonyl (C=O) groups excluding carboxylic acids is 2. The van der Waals surface area contributed by atoms with Crippen molar-refractivity contribution in [3.05, 3.63) is 63.1 Å². The maximum atomic E-state index is 12.2. The molecule has 0 bridgehead atoms. The second-order valence-corrected chi connectivity index (χ2v) is 6.77. The van der Waals surface area contributed by atoms with Crippen LogP contribution in [0.25, 0.3) is 0 Å². The van der Waals surface area contributed by atoms with E-state index >= 15 is 0 Å². The molecule has 0 aliphatic heterocycles. The molecule has 0 atom stereocenters. The van der Waals surface area contributed by atoms with Gasteiger partial charge in [-0.25, -0.2) is 0 Å². The van der Waals surface area contributed by atoms with Crippen LogP contribution in [0.15, 0.2) is 40.9 Å². The van der Waals surface area contributed by atoms with E-state index in [1.54, 1.807) is 25.1 Å². The van der Waals surface area contributed by atoms with Crippen molar-refractivity contribution in [1.29, 1.82) is 5.26 Å². The molecule has 0 spiro atoms. The van der Waals surface area contributed by atoms with Crippen LogP contribution in [0.3, 0.4) is 0 Å². The molecule has 0 saturated heterocycles. The van der Waals surface area contributed by atoms with Crippen molar-refractivity contribution >= 4 is 27.7 Å². The van der Waals surface area contributed by atoms with E-state index in [1.165, 1.54) is 12.1 Å². The summed E-state index contributed by atoms with van der Waals surface area (Å²) in [6, 6.07) is 11.7. The fourth-order valence-corrected chi connectivity index (χ4v) is 2.73. The summed E-state index contributed by atoms with van der Waals surface area (Å²) >= 11 is 3.33. The number of nitrogens with one attached hydrogen (secondary N) is 2. The first-order valence-corrected chi connectivity index (χ1v) is 8.68. The van der Waals surface area contributed by atoms with Crippen LogP contribution < -0.4 is 15.6 Å². The van der Waals surface area contributed by atoms with Crippen LogP contribution in [0, 0.1) is 18.3 Å². The molecular formula is C19H18BrN3O3. The van der Waals surface area contributed by atoms with E-state index in [4.69, 9.17) is 4.74 Å². The number of nitrogens with zero attached hydrogens (tertiary/aromatic N) is 1. The third-order valence-electron chi connectivity index (χ3n) is 3.45. The molecule has 2 N–H and O–H groups in total. The maximum absolute atomic E-state index is 12.2. The number of nitriles is 1. The number of rotatable bonds is 4. The number of halogens is 1. The Morgan fingerprint density at radius 1 is 1.12 bits per heavy atom. The molecule has 0 fully saturated rings. The number of ether oxygens (including phenoxy) is 1. The van der Waals surface area contributed by atoms with Crippen molar-refractivity contribution in [2.45, 2.75) is 26.9 Å². The van der Waals surface area contributed by atoms with Gasteiger partial charge in [-0.1, -0.05) is 15.9 Å². The third kappa shape index (κ3) is 4.83. The molecule has 26 heavy (non-hydrogen) atoms. The molecule has 0 aliphatic carbocycles. The van der Waals surface area contributed by atoms with E-state index in [9.17, 15) is 14.9 Å². The van der Waals surface area contributed by atoms with Gasteiger partial charge in [0.2, 0.25) is 0 Å². The minimum absolute atomic E-state index is 0.0878. The van der Waals surface area contributed by atoms with E-state index in [2.05, 4.69) is 26.8 Å². The molecule has 0 aliphatic rings. The lowest BCUT2D eigenvalue weighted by molar-refractivity contribution is 0.0846. The van der Waals surface area contributed by atoms with E-state index < -0.39 is 11.8 Å². The maximum Gasteiger partial charge on any atom is 0.269 e. The lowest BCUT2D eigenvalue weighted by Crippen LogP contribution is -2.41. The van der Waals surface area contributed by atoms with Crippen LogP contribution in [-0.2, 0) is 0 Å². The number of aryl methyl sites for hydroxylation is 1. The topological polar surface area (TPSA) is 91.2 Å². The molecule has 2 aromatic carbocycles. The number of carbonyl (C=O) groups is 2. The molecule has 0 radical (unpaired) electrons. The fraction of sp³-hybridized carbons (Fsp3) is 0.211. The molecular weight excluding hydrogens is 398 g/mol. The van der Waals surface area contributed by atoms with E-state index in [0.717, 1.165) is 10.0 Å². The first-order valence-electron chi connectivity index (χ1n) is 7.89. The predicted molar refractivity (Wildman–Crippen MR) is 101 cm³/mol. The highest BCUT2D eigenvalue weighted by Gasteiger charge is 2.14. The third-order valence-corrected chi connectivity index (χ3v) is 3.94. The zero-order chi connectivity index (χ0) is 19.3. The molecule has 0 unspecified atom stereocenters. The molecule has 0 saturated carbocycles. The van der Waals surface area contributed by atoms with Crippen molar-refractivity contribution in [1.82, 2.24) is 10.9 Å². The highest BCUT2D eigenvalue weighted by Crippen LogP contribution is 2.20. The summed E-state index contributed by atoms with van der Waals surface area (Å²) < 4.78 is 6.39. The van der Waals surface area contributed by atoms with Crippen molar-refractivity contribution in [2.24, 2.45) is 0 Å². The molecule has 134 valence electrons. The van der Waals surface area contributed by atoms with Gasteiger partial charge >= 0.3 is 0 Å². The number of amides is 2. The van der Waals surface area contributed by atoms with Gasteiger partial charge in [-0.2, -0.15) is 5.26 Å². The van der Waals surface area contributed by atoms with Crippen LogP contribution in [-0.4, -0.2) is 17.9 Å². The second-order valence-electron chi connectivity index (χ2n) is 5.86. The van der Waals surface area contributed by atoms with Crippen LogP contribution in [0.5, 0.6) is 5.75 Å². The van der Waals surface area contributed by atoms with E-state index in [0.29, 0.717) is 11.3 Å². The first-order chi connectivity index (χ1) is 12.3.